The molecule has 0 atom stereocenters. The highest BCUT2D eigenvalue weighted by atomic mass is 32.2. The minimum absolute atomic E-state index is 0.0389. The van der Waals surface area contributed by atoms with E-state index < -0.39 is 0 Å². The van der Waals surface area contributed by atoms with Gasteiger partial charge in [-0.05, 0) is 24.3 Å². The van der Waals surface area contributed by atoms with Gasteiger partial charge in [-0.1, -0.05) is 18.2 Å². The van der Waals surface area contributed by atoms with Crippen LogP contribution in [-0.2, 0) is 4.79 Å². The number of aromatic nitrogens is 1. The average Bonchev–Trinajstić information content (AvgIpc) is 2.39. The van der Waals surface area contributed by atoms with Gasteiger partial charge in [-0.2, -0.15) is 0 Å². The number of rotatable bonds is 4. The summed E-state index contributed by atoms with van der Waals surface area (Å²) in [6, 6.07) is 12.9. The lowest BCUT2D eigenvalue weighted by atomic mass is 10.3. The summed E-state index contributed by atoms with van der Waals surface area (Å²) in [5.74, 6) is 0.789. The van der Waals surface area contributed by atoms with Crippen molar-refractivity contribution in [1.82, 2.24) is 4.98 Å². The lowest BCUT2D eigenvalue weighted by molar-refractivity contribution is -0.113. The lowest BCUT2D eigenvalue weighted by Crippen LogP contribution is -2.13. The van der Waals surface area contributed by atoms with Crippen LogP contribution in [0, 0.1) is 0 Å². The Labute approximate surface area is 110 Å². The molecule has 0 fully saturated rings. The molecule has 1 amide bonds. The number of hydrogen-bond donors (Lipinski definition) is 2. The van der Waals surface area contributed by atoms with Gasteiger partial charge in [0, 0.05) is 16.8 Å². The Kier molecular flexibility index (Phi) is 4.20. The number of benzene rings is 1. The Bertz CT molecular complexity index is 514. The van der Waals surface area contributed by atoms with Crippen LogP contribution >= 0.6 is 11.8 Å². The van der Waals surface area contributed by atoms with Crippen LogP contribution in [0.5, 0.6) is 0 Å². The summed E-state index contributed by atoms with van der Waals surface area (Å²) >= 11 is 1.43. The van der Waals surface area contributed by atoms with E-state index in [1.165, 1.54) is 11.8 Å². The van der Waals surface area contributed by atoms with E-state index in [0.29, 0.717) is 11.6 Å². The lowest BCUT2D eigenvalue weighted by Gasteiger charge is -2.04. The van der Waals surface area contributed by atoms with Crippen LogP contribution in [0.15, 0.2) is 53.6 Å². The van der Waals surface area contributed by atoms with E-state index in [4.69, 9.17) is 5.73 Å². The van der Waals surface area contributed by atoms with Gasteiger partial charge in [-0.15, -0.1) is 11.8 Å². The second kappa shape index (κ2) is 6.07. The Balaban J connectivity index is 1.83. The molecule has 0 spiro atoms. The molecule has 0 aliphatic carbocycles. The Morgan fingerprint density at radius 1 is 1.22 bits per heavy atom. The van der Waals surface area contributed by atoms with Crippen LogP contribution in [0.3, 0.4) is 0 Å². The first-order valence-electron chi connectivity index (χ1n) is 5.43. The number of thioether (sulfide) groups is 1. The third-order valence-corrected chi connectivity index (χ3v) is 3.17. The summed E-state index contributed by atoms with van der Waals surface area (Å²) < 4.78 is 0. The van der Waals surface area contributed by atoms with Gasteiger partial charge in [0.1, 0.15) is 5.82 Å². The zero-order valence-corrected chi connectivity index (χ0v) is 10.5. The first-order chi connectivity index (χ1) is 8.74. The molecular formula is C13H13N3OS. The van der Waals surface area contributed by atoms with Crippen LogP contribution in [0.4, 0.5) is 11.5 Å². The van der Waals surface area contributed by atoms with Gasteiger partial charge in [-0.3, -0.25) is 4.79 Å². The SMILES string of the molecule is Nc1ccc(SCC(=O)Nc2ccccc2)cn1. The maximum absolute atomic E-state index is 11.7. The average molecular weight is 259 g/mol. The van der Waals surface area contributed by atoms with Crippen LogP contribution < -0.4 is 11.1 Å². The topological polar surface area (TPSA) is 68.0 Å². The number of pyridine rings is 1. The van der Waals surface area contributed by atoms with E-state index in [1.54, 1.807) is 12.3 Å². The van der Waals surface area contributed by atoms with Crippen molar-refractivity contribution >= 4 is 29.2 Å². The third kappa shape index (κ3) is 3.78. The van der Waals surface area contributed by atoms with Crippen molar-refractivity contribution in [2.24, 2.45) is 0 Å². The van der Waals surface area contributed by atoms with E-state index in [1.807, 2.05) is 36.4 Å². The van der Waals surface area contributed by atoms with Gasteiger partial charge in [0.2, 0.25) is 5.91 Å². The molecular weight excluding hydrogens is 246 g/mol. The monoisotopic (exact) mass is 259 g/mol. The molecule has 92 valence electrons. The second-order valence-electron chi connectivity index (χ2n) is 3.62. The Morgan fingerprint density at radius 3 is 2.67 bits per heavy atom. The van der Waals surface area contributed by atoms with E-state index >= 15 is 0 Å². The van der Waals surface area contributed by atoms with Crippen LogP contribution in [0.1, 0.15) is 0 Å². The number of para-hydroxylation sites is 1. The number of amides is 1. The molecule has 18 heavy (non-hydrogen) atoms. The molecule has 2 rings (SSSR count). The molecule has 0 bridgehead atoms. The molecule has 3 N–H and O–H groups in total. The highest BCUT2D eigenvalue weighted by Gasteiger charge is 2.03. The van der Waals surface area contributed by atoms with Gasteiger partial charge < -0.3 is 11.1 Å². The van der Waals surface area contributed by atoms with Crippen LogP contribution in [0.25, 0.3) is 0 Å². The summed E-state index contributed by atoms with van der Waals surface area (Å²) in [6.45, 7) is 0. The van der Waals surface area contributed by atoms with Crippen LogP contribution in [-0.4, -0.2) is 16.6 Å². The zero-order chi connectivity index (χ0) is 12.8. The van der Waals surface area contributed by atoms with E-state index in [0.717, 1.165) is 10.6 Å². The standard InChI is InChI=1S/C13H13N3OS/c14-12-7-6-11(8-15-12)18-9-13(17)16-10-4-2-1-3-5-10/h1-8H,9H2,(H2,14,15)(H,16,17). The molecule has 4 nitrogen and oxygen atoms in total. The maximum Gasteiger partial charge on any atom is 0.234 e. The van der Waals surface area contributed by atoms with Crippen LogP contribution in [0.2, 0.25) is 0 Å². The number of nitrogen functional groups attached to an aromatic ring is 1. The molecule has 0 aliphatic heterocycles. The van der Waals surface area contributed by atoms with Crippen molar-refractivity contribution in [3.63, 3.8) is 0 Å². The van der Waals surface area contributed by atoms with Gasteiger partial charge in [0.05, 0.1) is 5.75 Å². The fraction of sp³-hybridized carbons (Fsp3) is 0.0769. The van der Waals surface area contributed by atoms with Crippen molar-refractivity contribution in [2.45, 2.75) is 4.90 Å². The molecule has 0 radical (unpaired) electrons. The zero-order valence-electron chi connectivity index (χ0n) is 9.67. The maximum atomic E-state index is 11.7. The van der Waals surface area contributed by atoms with Gasteiger partial charge in [-0.25, -0.2) is 4.98 Å². The van der Waals surface area contributed by atoms with Crippen molar-refractivity contribution in [1.29, 1.82) is 0 Å². The summed E-state index contributed by atoms with van der Waals surface area (Å²) in [5.41, 5.74) is 6.29. The molecule has 0 aliphatic rings. The quantitative estimate of drug-likeness (QED) is 0.827. The number of nitrogens with one attached hydrogen (secondary N) is 1. The van der Waals surface area contributed by atoms with Crippen molar-refractivity contribution < 1.29 is 4.79 Å². The molecule has 1 heterocycles. The number of anilines is 2. The summed E-state index contributed by atoms with van der Waals surface area (Å²) in [6.07, 6.45) is 1.66. The van der Waals surface area contributed by atoms with Crippen molar-refractivity contribution in [3.8, 4) is 0 Å². The molecule has 1 aromatic carbocycles. The molecule has 2 aromatic rings. The number of carbonyl (C=O) groups is 1. The van der Waals surface area contributed by atoms with Crippen molar-refractivity contribution in [3.05, 3.63) is 48.7 Å². The summed E-state index contributed by atoms with van der Waals surface area (Å²) in [7, 11) is 0. The molecule has 1 aromatic heterocycles. The molecule has 5 heteroatoms. The van der Waals surface area contributed by atoms with E-state index in [2.05, 4.69) is 10.3 Å². The number of nitrogens with zero attached hydrogens (tertiary/aromatic N) is 1. The smallest absolute Gasteiger partial charge is 0.234 e. The minimum Gasteiger partial charge on any atom is -0.384 e. The number of carbonyl (C=O) groups excluding carboxylic acids is 1. The summed E-state index contributed by atoms with van der Waals surface area (Å²) in [4.78, 5) is 16.6. The first-order valence-corrected chi connectivity index (χ1v) is 6.42. The highest BCUT2D eigenvalue weighted by molar-refractivity contribution is 8.00. The first kappa shape index (κ1) is 12.4. The Hall–Kier alpha value is -2.01. The molecule has 0 unspecified atom stereocenters. The third-order valence-electron chi connectivity index (χ3n) is 2.19. The molecule has 0 saturated heterocycles. The predicted molar refractivity (Wildman–Crippen MR) is 74.4 cm³/mol. The fourth-order valence-corrected chi connectivity index (χ4v) is 2.01. The fourth-order valence-electron chi connectivity index (χ4n) is 1.34. The highest BCUT2D eigenvalue weighted by Crippen LogP contribution is 2.17. The van der Waals surface area contributed by atoms with E-state index in [9.17, 15) is 4.79 Å². The minimum atomic E-state index is -0.0389. The predicted octanol–water partition coefficient (Wildman–Crippen LogP) is 2.39. The largest absolute Gasteiger partial charge is 0.384 e. The van der Waals surface area contributed by atoms with Gasteiger partial charge >= 0.3 is 0 Å². The van der Waals surface area contributed by atoms with Gasteiger partial charge in [0.25, 0.3) is 0 Å². The second-order valence-corrected chi connectivity index (χ2v) is 4.67. The summed E-state index contributed by atoms with van der Waals surface area (Å²) in [5, 5.41) is 2.82. The normalized spacial score (nSPS) is 10.0. The number of nitrogens with two attached hydrogens (primary N) is 1. The van der Waals surface area contributed by atoms with E-state index in [-0.39, 0.29) is 5.91 Å². The van der Waals surface area contributed by atoms with Crippen molar-refractivity contribution in [2.75, 3.05) is 16.8 Å². The van der Waals surface area contributed by atoms with Gasteiger partial charge in [0.15, 0.2) is 0 Å². The Morgan fingerprint density at radius 2 is 2.00 bits per heavy atom. The number of hydrogen-bond acceptors (Lipinski definition) is 4. The molecule has 0 saturated carbocycles.